The zero-order chi connectivity index (χ0) is 34.4. The van der Waals surface area contributed by atoms with Gasteiger partial charge in [-0.15, -0.1) is 0 Å². The Morgan fingerprint density at radius 3 is 1.27 bits per heavy atom. The molecule has 0 spiro atoms. The Bertz CT molecular complexity index is 1610. The molecular formula is C44H62N4O. The van der Waals surface area contributed by atoms with Crippen LogP contribution in [0.25, 0.3) is 46.4 Å². The first-order valence-corrected chi connectivity index (χ1v) is 19.9. The molecule has 0 aliphatic carbocycles. The molecule has 2 aliphatic heterocycles. The molecule has 8 bridgehead atoms. The van der Waals surface area contributed by atoms with E-state index in [0.29, 0.717) is 0 Å². The van der Waals surface area contributed by atoms with E-state index in [9.17, 15) is 5.11 Å². The molecule has 49 heavy (non-hydrogen) atoms. The fourth-order valence-electron chi connectivity index (χ4n) is 7.46. The lowest BCUT2D eigenvalue weighted by atomic mass is 10.0. The van der Waals surface area contributed by atoms with Crippen LogP contribution in [0.5, 0.6) is 0 Å². The highest BCUT2D eigenvalue weighted by molar-refractivity contribution is 5.83. The first-order chi connectivity index (χ1) is 24.1. The van der Waals surface area contributed by atoms with Gasteiger partial charge >= 0.3 is 0 Å². The molecule has 5 heteroatoms. The van der Waals surface area contributed by atoms with Gasteiger partial charge in [0.15, 0.2) is 0 Å². The molecule has 2 aliphatic rings. The summed E-state index contributed by atoms with van der Waals surface area (Å²) in [6, 6.07) is 8.77. The number of aromatic nitrogens is 4. The number of hydrogen-bond acceptors (Lipinski definition) is 3. The summed E-state index contributed by atoms with van der Waals surface area (Å²) in [5.74, 6) is 0. The third kappa shape index (κ3) is 9.63. The van der Waals surface area contributed by atoms with Gasteiger partial charge in [0.2, 0.25) is 0 Å². The van der Waals surface area contributed by atoms with E-state index in [1.54, 1.807) is 0 Å². The van der Waals surface area contributed by atoms with Gasteiger partial charge in [0.1, 0.15) is 0 Å². The molecule has 0 fully saturated rings. The lowest BCUT2D eigenvalue weighted by Gasteiger charge is -2.11. The summed E-state index contributed by atoms with van der Waals surface area (Å²) in [4.78, 5) is 18.3. The van der Waals surface area contributed by atoms with Crippen molar-refractivity contribution in [1.29, 1.82) is 0 Å². The topological polar surface area (TPSA) is 77.6 Å². The third-order valence-corrected chi connectivity index (χ3v) is 10.4. The summed E-state index contributed by atoms with van der Waals surface area (Å²) >= 11 is 0. The van der Waals surface area contributed by atoms with Crippen LogP contribution in [0.3, 0.4) is 0 Å². The van der Waals surface area contributed by atoms with Crippen LogP contribution in [0.15, 0.2) is 24.3 Å². The van der Waals surface area contributed by atoms with Gasteiger partial charge in [-0.1, -0.05) is 105 Å². The average Bonchev–Trinajstić information content (AvgIpc) is 3.94. The maximum absolute atomic E-state index is 11.8. The molecule has 0 saturated carbocycles. The lowest BCUT2D eigenvalue weighted by Crippen LogP contribution is -1.99. The number of nitrogens with one attached hydrogen (secondary N) is 2. The molecule has 0 amide bonds. The van der Waals surface area contributed by atoms with Gasteiger partial charge in [0, 0.05) is 44.3 Å². The summed E-state index contributed by atoms with van der Waals surface area (Å²) in [7, 11) is 0. The molecule has 5 heterocycles. The van der Waals surface area contributed by atoms with E-state index in [0.717, 1.165) is 115 Å². The van der Waals surface area contributed by atoms with Crippen molar-refractivity contribution < 1.29 is 5.11 Å². The van der Waals surface area contributed by atoms with Gasteiger partial charge in [-0.25, -0.2) is 9.97 Å². The number of H-pyrrole nitrogens is 2. The Balaban J connectivity index is 1.78. The van der Waals surface area contributed by atoms with Crippen molar-refractivity contribution in [2.45, 2.75) is 156 Å². The maximum atomic E-state index is 11.8. The van der Waals surface area contributed by atoms with Gasteiger partial charge < -0.3 is 15.1 Å². The van der Waals surface area contributed by atoms with Gasteiger partial charge in [-0.2, -0.15) is 0 Å². The molecule has 3 aromatic heterocycles. The Kier molecular flexibility index (Phi) is 14.3. The minimum absolute atomic E-state index is 0.568. The van der Waals surface area contributed by atoms with Gasteiger partial charge in [-0.3, -0.25) is 0 Å². The van der Waals surface area contributed by atoms with Gasteiger partial charge in [-0.05, 0) is 93.5 Å². The minimum Gasteiger partial charge on any atom is -0.388 e. The molecular weight excluding hydrogens is 601 g/mol. The van der Waals surface area contributed by atoms with Crippen molar-refractivity contribution >= 4 is 46.4 Å². The maximum Gasteiger partial charge on any atom is 0.0830 e. The van der Waals surface area contributed by atoms with E-state index in [-0.39, 0.29) is 0 Å². The monoisotopic (exact) mass is 662 g/mol. The Hall–Kier alpha value is -3.44. The van der Waals surface area contributed by atoms with Crippen LogP contribution in [-0.4, -0.2) is 25.0 Å². The average molecular weight is 663 g/mol. The molecule has 264 valence electrons. The molecule has 3 N–H and O–H groups in total. The number of fused-ring (bicyclic) bond motifs is 8. The van der Waals surface area contributed by atoms with Crippen LogP contribution < -0.4 is 0 Å². The number of aliphatic hydroxyl groups excluding tert-OH is 1. The number of aryl methyl sites for hydroxylation is 2. The first-order valence-electron chi connectivity index (χ1n) is 19.9. The van der Waals surface area contributed by atoms with Crippen LogP contribution >= 0.6 is 0 Å². The number of aliphatic hydroxyl groups is 1. The number of nitrogens with zero attached hydrogens (tertiary/aromatic N) is 2. The Morgan fingerprint density at radius 2 is 0.837 bits per heavy atom. The highest BCUT2D eigenvalue weighted by Gasteiger charge is 2.18. The summed E-state index contributed by atoms with van der Waals surface area (Å²) < 4.78 is 0. The van der Waals surface area contributed by atoms with E-state index in [1.807, 2.05) is 0 Å². The van der Waals surface area contributed by atoms with E-state index in [4.69, 9.17) is 9.97 Å². The first kappa shape index (κ1) is 36.8. The standard InChI is InChI=1S/C44H62N4O/c1-5-9-13-17-20-32-35-24-26-37(45-35)33(21-18-14-10-6-2)39-28-30-41(47-39)44(43(49)23-16-12-8-4)42-31-29-40(48-42)34(22-19-15-11-7-3)38-27-25-36(32)46-38/h24-31,43,47-49H,5-23H2,1-4H3. The van der Waals surface area contributed by atoms with E-state index >= 15 is 0 Å². The minimum atomic E-state index is -0.568. The third-order valence-electron chi connectivity index (χ3n) is 10.4. The van der Waals surface area contributed by atoms with Crippen molar-refractivity contribution in [1.82, 2.24) is 19.9 Å². The van der Waals surface area contributed by atoms with Crippen LogP contribution in [0.2, 0.25) is 0 Å². The number of unbranched alkanes of at least 4 members (excludes halogenated alkanes) is 11. The second-order valence-electron chi connectivity index (χ2n) is 14.3. The second-order valence-corrected chi connectivity index (χ2v) is 14.3. The number of hydrogen-bond donors (Lipinski definition) is 3. The normalized spacial score (nSPS) is 13.1. The molecule has 1 atom stereocenters. The van der Waals surface area contributed by atoms with Crippen LogP contribution in [0.4, 0.5) is 0 Å². The highest BCUT2D eigenvalue weighted by atomic mass is 16.3. The summed E-state index contributed by atoms with van der Waals surface area (Å²) in [6.07, 6.45) is 29.8. The summed E-state index contributed by atoms with van der Waals surface area (Å²) in [5, 5.41) is 11.8. The molecule has 0 aromatic carbocycles. The smallest absolute Gasteiger partial charge is 0.0830 e. The van der Waals surface area contributed by atoms with Gasteiger partial charge in [0.25, 0.3) is 0 Å². The Morgan fingerprint density at radius 1 is 0.469 bits per heavy atom. The van der Waals surface area contributed by atoms with Crippen molar-refractivity contribution in [2.24, 2.45) is 0 Å². The lowest BCUT2D eigenvalue weighted by molar-refractivity contribution is 0.166. The van der Waals surface area contributed by atoms with Crippen molar-refractivity contribution in [2.75, 3.05) is 0 Å². The number of rotatable bonds is 20. The van der Waals surface area contributed by atoms with E-state index < -0.39 is 6.10 Å². The van der Waals surface area contributed by atoms with E-state index in [1.165, 1.54) is 74.5 Å². The quantitative estimate of drug-likeness (QED) is 0.0726. The van der Waals surface area contributed by atoms with Gasteiger partial charge in [0.05, 0.1) is 28.9 Å². The molecule has 5 nitrogen and oxygen atoms in total. The zero-order valence-corrected chi connectivity index (χ0v) is 31.0. The highest BCUT2D eigenvalue weighted by Crippen LogP contribution is 2.32. The molecule has 1 unspecified atom stereocenters. The predicted molar refractivity (Wildman–Crippen MR) is 211 cm³/mol. The fraction of sp³-hybridized carbons (Fsp3) is 0.545. The predicted octanol–water partition coefficient (Wildman–Crippen LogP) is 12.6. The van der Waals surface area contributed by atoms with Crippen molar-refractivity contribution in [3.8, 4) is 0 Å². The largest absolute Gasteiger partial charge is 0.388 e. The van der Waals surface area contributed by atoms with Crippen LogP contribution in [0.1, 0.15) is 182 Å². The zero-order valence-electron chi connectivity index (χ0n) is 31.0. The summed E-state index contributed by atoms with van der Waals surface area (Å²) in [5.41, 5.74) is 13.2. The fourth-order valence-corrected chi connectivity index (χ4v) is 7.46. The number of aromatic amines is 2. The SMILES string of the molecule is CCCCCCc1c2nc(c(CCCCCC)c3ccc([nH]3)c(C(O)CCCCC)c3ccc([nH]3)c(CCCCCC)c3nc1C=C3)C=C2. The van der Waals surface area contributed by atoms with E-state index in [2.05, 4.69) is 86.2 Å². The second kappa shape index (κ2) is 19.1. The summed E-state index contributed by atoms with van der Waals surface area (Å²) in [6.45, 7) is 9.03. The Labute approximate surface area is 295 Å². The molecule has 5 rings (SSSR count). The molecule has 3 aromatic rings. The van der Waals surface area contributed by atoms with Crippen molar-refractivity contribution in [3.05, 3.63) is 69.3 Å². The van der Waals surface area contributed by atoms with Crippen LogP contribution in [-0.2, 0) is 19.3 Å². The van der Waals surface area contributed by atoms with Crippen molar-refractivity contribution in [3.63, 3.8) is 0 Å². The van der Waals surface area contributed by atoms with Crippen LogP contribution in [0, 0.1) is 0 Å². The molecule has 0 saturated heterocycles. The molecule has 0 radical (unpaired) electrons.